The first-order valence-corrected chi connectivity index (χ1v) is 7.72. The monoisotopic (exact) mass is 256 g/mol. The summed E-state index contributed by atoms with van der Waals surface area (Å²) in [5.74, 6) is 0. The van der Waals surface area contributed by atoms with Crippen molar-refractivity contribution in [2.75, 3.05) is 32.8 Å². The molecule has 0 spiro atoms. The lowest BCUT2D eigenvalue weighted by molar-refractivity contribution is 0.0408. The molecule has 0 aromatic rings. The second-order valence-corrected chi connectivity index (χ2v) is 5.82. The number of hydrogen-bond donors (Lipinski definition) is 1. The van der Waals surface area contributed by atoms with Crippen LogP contribution in [0.15, 0.2) is 0 Å². The Morgan fingerprint density at radius 2 is 2.00 bits per heavy atom. The Morgan fingerprint density at radius 1 is 1.22 bits per heavy atom. The second kappa shape index (κ2) is 8.13. The van der Waals surface area contributed by atoms with Crippen LogP contribution in [0.1, 0.15) is 53.4 Å². The first-order valence-electron chi connectivity index (χ1n) is 7.72. The van der Waals surface area contributed by atoms with Gasteiger partial charge in [-0.05, 0) is 26.2 Å². The smallest absolute Gasteiger partial charge is 0.0593 e. The molecule has 1 aliphatic rings. The molecule has 1 heterocycles. The molecule has 3 heteroatoms. The summed E-state index contributed by atoms with van der Waals surface area (Å²) in [6.07, 6.45) is 4.87. The molecule has 108 valence electrons. The largest absolute Gasteiger partial charge is 0.380 e. The molecule has 0 aromatic carbocycles. The molecule has 2 atom stereocenters. The van der Waals surface area contributed by atoms with E-state index in [-0.39, 0.29) is 5.54 Å². The Kier molecular flexibility index (Phi) is 7.20. The number of ether oxygens (including phenoxy) is 1. The van der Waals surface area contributed by atoms with E-state index in [4.69, 9.17) is 4.74 Å². The standard InChI is InChI=1S/C15H32N2O/c1-5-8-14-12-16-15(4,7-3)13-17(14)9-11-18-10-6-2/h14,16H,5-13H2,1-4H3. The van der Waals surface area contributed by atoms with Gasteiger partial charge in [0.05, 0.1) is 6.61 Å². The topological polar surface area (TPSA) is 24.5 Å². The minimum Gasteiger partial charge on any atom is -0.380 e. The predicted molar refractivity (Wildman–Crippen MR) is 78.1 cm³/mol. The molecule has 0 radical (unpaired) electrons. The summed E-state index contributed by atoms with van der Waals surface area (Å²) in [5, 5.41) is 3.73. The third kappa shape index (κ3) is 4.87. The van der Waals surface area contributed by atoms with Crippen molar-refractivity contribution in [3.8, 4) is 0 Å². The summed E-state index contributed by atoms with van der Waals surface area (Å²) < 4.78 is 5.65. The first kappa shape index (κ1) is 15.9. The van der Waals surface area contributed by atoms with Gasteiger partial charge in [-0.2, -0.15) is 0 Å². The zero-order valence-corrected chi connectivity index (χ0v) is 12.8. The van der Waals surface area contributed by atoms with E-state index in [0.29, 0.717) is 6.04 Å². The van der Waals surface area contributed by atoms with Crippen LogP contribution in [0.4, 0.5) is 0 Å². The van der Waals surface area contributed by atoms with E-state index in [1.807, 2.05) is 0 Å². The van der Waals surface area contributed by atoms with Gasteiger partial charge in [0.1, 0.15) is 0 Å². The van der Waals surface area contributed by atoms with E-state index in [2.05, 4.69) is 37.9 Å². The molecule has 3 nitrogen and oxygen atoms in total. The van der Waals surface area contributed by atoms with Crippen molar-refractivity contribution in [2.24, 2.45) is 0 Å². The summed E-state index contributed by atoms with van der Waals surface area (Å²) in [6.45, 7) is 14.2. The van der Waals surface area contributed by atoms with Crippen LogP contribution in [-0.4, -0.2) is 49.3 Å². The molecule has 1 N–H and O–H groups in total. The van der Waals surface area contributed by atoms with E-state index in [1.165, 1.54) is 19.3 Å². The highest BCUT2D eigenvalue weighted by Crippen LogP contribution is 2.20. The maximum Gasteiger partial charge on any atom is 0.0593 e. The molecular formula is C15H32N2O. The Bertz CT molecular complexity index is 223. The second-order valence-electron chi connectivity index (χ2n) is 5.82. The molecule has 0 saturated carbocycles. The summed E-state index contributed by atoms with van der Waals surface area (Å²) in [6, 6.07) is 0.694. The zero-order chi connectivity index (χ0) is 13.4. The van der Waals surface area contributed by atoms with Crippen molar-refractivity contribution in [1.29, 1.82) is 0 Å². The molecule has 0 bridgehead atoms. The number of nitrogens with zero attached hydrogens (tertiary/aromatic N) is 1. The number of rotatable bonds is 8. The van der Waals surface area contributed by atoms with Crippen LogP contribution in [-0.2, 0) is 4.74 Å². The van der Waals surface area contributed by atoms with Crippen LogP contribution in [0.5, 0.6) is 0 Å². The Morgan fingerprint density at radius 3 is 2.61 bits per heavy atom. The van der Waals surface area contributed by atoms with E-state index in [1.54, 1.807) is 0 Å². The van der Waals surface area contributed by atoms with Gasteiger partial charge in [0.15, 0.2) is 0 Å². The Balaban J connectivity index is 2.44. The third-order valence-electron chi connectivity index (χ3n) is 4.11. The first-order chi connectivity index (χ1) is 8.65. The normalized spacial score (nSPS) is 29.7. The van der Waals surface area contributed by atoms with Crippen LogP contribution < -0.4 is 5.32 Å². The van der Waals surface area contributed by atoms with Gasteiger partial charge in [-0.15, -0.1) is 0 Å². The van der Waals surface area contributed by atoms with Gasteiger partial charge in [0, 0.05) is 37.8 Å². The average Bonchev–Trinajstić information content (AvgIpc) is 2.38. The maximum absolute atomic E-state index is 5.65. The minimum absolute atomic E-state index is 0.287. The lowest BCUT2D eigenvalue weighted by Crippen LogP contribution is -2.63. The van der Waals surface area contributed by atoms with E-state index in [0.717, 1.165) is 39.3 Å². The number of hydrogen-bond acceptors (Lipinski definition) is 3. The molecule has 0 aliphatic carbocycles. The average molecular weight is 256 g/mol. The molecule has 2 unspecified atom stereocenters. The summed E-state index contributed by atoms with van der Waals surface area (Å²) >= 11 is 0. The Labute approximate surface area is 113 Å². The highest BCUT2D eigenvalue weighted by atomic mass is 16.5. The van der Waals surface area contributed by atoms with Crippen molar-refractivity contribution in [1.82, 2.24) is 10.2 Å². The van der Waals surface area contributed by atoms with Gasteiger partial charge in [0.2, 0.25) is 0 Å². The van der Waals surface area contributed by atoms with Crippen LogP contribution in [0.2, 0.25) is 0 Å². The fourth-order valence-electron chi connectivity index (χ4n) is 2.67. The Hall–Kier alpha value is -0.120. The SMILES string of the molecule is CCCOCCN1CC(C)(CC)NCC1CCC. The van der Waals surface area contributed by atoms with Crippen molar-refractivity contribution in [3.05, 3.63) is 0 Å². The van der Waals surface area contributed by atoms with Gasteiger partial charge in [-0.25, -0.2) is 0 Å². The highest BCUT2D eigenvalue weighted by Gasteiger charge is 2.33. The van der Waals surface area contributed by atoms with Crippen molar-refractivity contribution in [2.45, 2.75) is 65.0 Å². The molecule has 18 heavy (non-hydrogen) atoms. The molecule has 0 amide bonds. The zero-order valence-electron chi connectivity index (χ0n) is 12.8. The van der Waals surface area contributed by atoms with Crippen LogP contribution >= 0.6 is 0 Å². The number of nitrogens with one attached hydrogen (secondary N) is 1. The van der Waals surface area contributed by atoms with E-state index in [9.17, 15) is 0 Å². The van der Waals surface area contributed by atoms with Gasteiger partial charge in [-0.3, -0.25) is 4.90 Å². The summed E-state index contributed by atoms with van der Waals surface area (Å²) in [5.41, 5.74) is 0.287. The van der Waals surface area contributed by atoms with Crippen LogP contribution in [0.3, 0.4) is 0 Å². The van der Waals surface area contributed by atoms with Crippen LogP contribution in [0, 0.1) is 0 Å². The fourth-order valence-corrected chi connectivity index (χ4v) is 2.67. The lowest BCUT2D eigenvalue weighted by atomic mass is 9.92. The van der Waals surface area contributed by atoms with E-state index < -0.39 is 0 Å². The van der Waals surface area contributed by atoms with Crippen LogP contribution in [0.25, 0.3) is 0 Å². The maximum atomic E-state index is 5.65. The lowest BCUT2D eigenvalue weighted by Gasteiger charge is -2.46. The van der Waals surface area contributed by atoms with Crippen molar-refractivity contribution >= 4 is 0 Å². The van der Waals surface area contributed by atoms with Gasteiger partial charge in [0.25, 0.3) is 0 Å². The predicted octanol–water partition coefficient (Wildman–Crippen LogP) is 2.66. The minimum atomic E-state index is 0.287. The van der Waals surface area contributed by atoms with Gasteiger partial charge in [-0.1, -0.05) is 27.2 Å². The number of piperazine rings is 1. The quantitative estimate of drug-likeness (QED) is 0.676. The van der Waals surface area contributed by atoms with Gasteiger partial charge < -0.3 is 10.1 Å². The van der Waals surface area contributed by atoms with Crippen molar-refractivity contribution in [3.63, 3.8) is 0 Å². The molecule has 1 saturated heterocycles. The van der Waals surface area contributed by atoms with E-state index >= 15 is 0 Å². The third-order valence-corrected chi connectivity index (χ3v) is 4.11. The molecule has 0 aromatic heterocycles. The summed E-state index contributed by atoms with van der Waals surface area (Å²) in [4.78, 5) is 2.64. The highest BCUT2D eigenvalue weighted by molar-refractivity contribution is 4.94. The molecule has 1 fully saturated rings. The van der Waals surface area contributed by atoms with Gasteiger partial charge >= 0.3 is 0 Å². The molecule has 1 aliphatic heterocycles. The molecular weight excluding hydrogens is 224 g/mol. The fraction of sp³-hybridized carbons (Fsp3) is 1.00. The van der Waals surface area contributed by atoms with Crippen molar-refractivity contribution < 1.29 is 4.74 Å². The molecule has 1 rings (SSSR count). The summed E-state index contributed by atoms with van der Waals surface area (Å²) in [7, 11) is 0.